The maximum absolute atomic E-state index is 12.7. The maximum Gasteiger partial charge on any atom is 0.261 e. The Hall–Kier alpha value is -2.87. The van der Waals surface area contributed by atoms with Gasteiger partial charge in [-0.3, -0.25) is 14.3 Å². The van der Waals surface area contributed by atoms with E-state index in [-0.39, 0.29) is 34.2 Å². The number of aryl methyl sites for hydroxylation is 1. The van der Waals surface area contributed by atoms with Crippen LogP contribution in [0.25, 0.3) is 0 Å². The SMILES string of the molecule is Cc1ccc(NS(=O)(=O)c2cccc(C(=O)NC3CCN(C(=O)C(C)C)CC3)c2)cc1. The summed E-state index contributed by atoms with van der Waals surface area (Å²) in [6.07, 6.45) is 1.36. The fraction of sp³-hybridized carbons (Fsp3) is 0.391. The third kappa shape index (κ3) is 5.85. The Morgan fingerprint density at radius 2 is 1.68 bits per heavy atom. The Kier molecular flexibility index (Phi) is 7.00. The normalized spacial score (nSPS) is 15.0. The van der Waals surface area contributed by atoms with Gasteiger partial charge in [0.25, 0.3) is 15.9 Å². The first kappa shape index (κ1) is 22.8. The highest BCUT2D eigenvalue weighted by molar-refractivity contribution is 7.92. The molecule has 1 saturated heterocycles. The van der Waals surface area contributed by atoms with Crippen LogP contribution in [-0.4, -0.2) is 44.3 Å². The van der Waals surface area contributed by atoms with Crippen molar-refractivity contribution in [2.75, 3.05) is 17.8 Å². The van der Waals surface area contributed by atoms with E-state index in [1.54, 1.807) is 24.3 Å². The number of benzene rings is 2. The van der Waals surface area contributed by atoms with Crippen LogP contribution in [-0.2, 0) is 14.8 Å². The first-order chi connectivity index (χ1) is 14.7. The maximum atomic E-state index is 12.7. The zero-order chi connectivity index (χ0) is 22.6. The van der Waals surface area contributed by atoms with Crippen molar-refractivity contribution < 1.29 is 18.0 Å². The number of anilines is 1. The molecule has 0 radical (unpaired) electrons. The van der Waals surface area contributed by atoms with Gasteiger partial charge < -0.3 is 10.2 Å². The van der Waals surface area contributed by atoms with E-state index in [0.29, 0.717) is 31.6 Å². The van der Waals surface area contributed by atoms with E-state index in [0.717, 1.165) is 5.56 Å². The van der Waals surface area contributed by atoms with Crippen molar-refractivity contribution >= 4 is 27.5 Å². The number of carbonyl (C=O) groups excluding carboxylic acids is 2. The van der Waals surface area contributed by atoms with Gasteiger partial charge in [-0.15, -0.1) is 0 Å². The van der Waals surface area contributed by atoms with E-state index in [9.17, 15) is 18.0 Å². The standard InChI is InChI=1S/C23H29N3O4S/c1-16(2)23(28)26-13-11-19(12-14-26)24-22(27)18-5-4-6-21(15-18)31(29,30)25-20-9-7-17(3)8-10-20/h4-10,15-16,19,25H,11-14H2,1-3H3,(H,24,27). The molecule has 0 aromatic heterocycles. The van der Waals surface area contributed by atoms with Crippen LogP contribution < -0.4 is 10.0 Å². The number of nitrogens with one attached hydrogen (secondary N) is 2. The van der Waals surface area contributed by atoms with Crippen LogP contribution in [0.15, 0.2) is 53.4 Å². The molecule has 2 amide bonds. The summed E-state index contributed by atoms with van der Waals surface area (Å²) >= 11 is 0. The lowest BCUT2D eigenvalue weighted by Crippen LogP contribution is -2.47. The van der Waals surface area contributed by atoms with Crippen LogP contribution >= 0.6 is 0 Å². The van der Waals surface area contributed by atoms with Crippen molar-refractivity contribution in [3.63, 3.8) is 0 Å². The van der Waals surface area contributed by atoms with Crippen molar-refractivity contribution in [1.82, 2.24) is 10.2 Å². The molecular weight excluding hydrogens is 414 g/mol. The average molecular weight is 444 g/mol. The van der Waals surface area contributed by atoms with E-state index in [1.807, 2.05) is 37.8 Å². The molecule has 3 rings (SSSR count). The van der Waals surface area contributed by atoms with E-state index < -0.39 is 10.0 Å². The number of hydrogen-bond acceptors (Lipinski definition) is 4. The summed E-state index contributed by atoms with van der Waals surface area (Å²) in [5.74, 6) is -0.228. The van der Waals surface area contributed by atoms with E-state index >= 15 is 0 Å². The third-order valence-corrected chi connectivity index (χ3v) is 6.73. The molecule has 0 unspecified atom stereocenters. The molecule has 1 fully saturated rings. The Morgan fingerprint density at radius 3 is 2.29 bits per heavy atom. The predicted octanol–water partition coefficient (Wildman–Crippen LogP) is 3.17. The molecule has 0 spiro atoms. The van der Waals surface area contributed by atoms with Gasteiger partial charge in [-0.05, 0) is 50.1 Å². The summed E-state index contributed by atoms with van der Waals surface area (Å²) in [5.41, 5.74) is 1.77. The lowest BCUT2D eigenvalue weighted by atomic mass is 10.0. The van der Waals surface area contributed by atoms with Crippen molar-refractivity contribution in [3.8, 4) is 0 Å². The molecule has 0 aliphatic carbocycles. The second-order valence-corrected chi connectivity index (χ2v) is 9.91. The van der Waals surface area contributed by atoms with E-state index in [4.69, 9.17) is 0 Å². The molecule has 31 heavy (non-hydrogen) atoms. The highest BCUT2D eigenvalue weighted by atomic mass is 32.2. The second kappa shape index (κ2) is 9.51. The molecular formula is C23H29N3O4S. The molecule has 2 aromatic rings. The predicted molar refractivity (Wildman–Crippen MR) is 120 cm³/mol. The highest BCUT2D eigenvalue weighted by Crippen LogP contribution is 2.19. The van der Waals surface area contributed by atoms with Crippen LogP contribution in [0.3, 0.4) is 0 Å². The number of likely N-dealkylation sites (tertiary alicyclic amines) is 1. The molecule has 166 valence electrons. The summed E-state index contributed by atoms with van der Waals surface area (Å²) < 4.78 is 28.0. The zero-order valence-electron chi connectivity index (χ0n) is 18.1. The quantitative estimate of drug-likeness (QED) is 0.717. The summed E-state index contributed by atoms with van der Waals surface area (Å²) in [7, 11) is -3.81. The number of amides is 2. The monoisotopic (exact) mass is 443 g/mol. The number of rotatable bonds is 6. The van der Waals surface area contributed by atoms with Gasteiger partial charge >= 0.3 is 0 Å². The first-order valence-corrected chi connectivity index (χ1v) is 11.9. The average Bonchev–Trinajstić information content (AvgIpc) is 2.75. The minimum Gasteiger partial charge on any atom is -0.349 e. The Balaban J connectivity index is 1.64. The summed E-state index contributed by atoms with van der Waals surface area (Å²) in [6.45, 7) is 6.90. The van der Waals surface area contributed by atoms with Crippen LogP contribution in [0, 0.1) is 12.8 Å². The Morgan fingerprint density at radius 1 is 1.03 bits per heavy atom. The zero-order valence-corrected chi connectivity index (χ0v) is 18.9. The smallest absolute Gasteiger partial charge is 0.261 e. The van der Waals surface area contributed by atoms with Gasteiger partial charge in [-0.25, -0.2) is 8.42 Å². The molecule has 7 nitrogen and oxygen atoms in total. The molecule has 2 N–H and O–H groups in total. The number of sulfonamides is 1. The molecule has 0 atom stereocenters. The second-order valence-electron chi connectivity index (χ2n) is 8.23. The summed E-state index contributed by atoms with van der Waals surface area (Å²) in [6, 6.07) is 13.0. The van der Waals surface area contributed by atoms with Crippen LogP contribution in [0.5, 0.6) is 0 Å². The lowest BCUT2D eigenvalue weighted by molar-refractivity contribution is -0.135. The van der Waals surface area contributed by atoms with Gasteiger partial charge in [0.05, 0.1) is 4.90 Å². The minimum absolute atomic E-state index is 0.0260. The van der Waals surface area contributed by atoms with Crippen molar-refractivity contribution in [1.29, 1.82) is 0 Å². The molecule has 8 heteroatoms. The van der Waals surface area contributed by atoms with Crippen molar-refractivity contribution in [2.45, 2.75) is 44.6 Å². The van der Waals surface area contributed by atoms with Gasteiger partial charge in [-0.2, -0.15) is 0 Å². The molecule has 0 bridgehead atoms. The number of piperidine rings is 1. The van der Waals surface area contributed by atoms with Crippen LogP contribution in [0.4, 0.5) is 5.69 Å². The number of nitrogens with zero attached hydrogens (tertiary/aromatic N) is 1. The molecule has 1 aliphatic heterocycles. The first-order valence-electron chi connectivity index (χ1n) is 10.4. The van der Waals surface area contributed by atoms with Crippen molar-refractivity contribution in [2.24, 2.45) is 5.92 Å². The third-order valence-electron chi connectivity index (χ3n) is 5.35. The fourth-order valence-corrected chi connectivity index (χ4v) is 4.62. The van der Waals surface area contributed by atoms with E-state index in [2.05, 4.69) is 10.0 Å². The van der Waals surface area contributed by atoms with Gasteiger partial charge in [-0.1, -0.05) is 37.6 Å². The summed E-state index contributed by atoms with van der Waals surface area (Å²) in [4.78, 5) is 26.7. The number of hydrogen-bond donors (Lipinski definition) is 2. The Labute approximate surface area is 183 Å². The minimum atomic E-state index is -3.81. The van der Waals surface area contributed by atoms with Gasteiger partial charge in [0.2, 0.25) is 5.91 Å². The van der Waals surface area contributed by atoms with Gasteiger partial charge in [0, 0.05) is 36.3 Å². The lowest BCUT2D eigenvalue weighted by Gasteiger charge is -2.33. The highest BCUT2D eigenvalue weighted by Gasteiger charge is 2.25. The largest absolute Gasteiger partial charge is 0.349 e. The van der Waals surface area contributed by atoms with Crippen molar-refractivity contribution in [3.05, 3.63) is 59.7 Å². The number of carbonyl (C=O) groups is 2. The fourth-order valence-electron chi connectivity index (χ4n) is 3.52. The van der Waals surface area contributed by atoms with Crippen LogP contribution in [0.1, 0.15) is 42.6 Å². The topological polar surface area (TPSA) is 95.6 Å². The van der Waals surface area contributed by atoms with E-state index in [1.165, 1.54) is 12.1 Å². The molecule has 2 aromatic carbocycles. The van der Waals surface area contributed by atoms with Crippen LogP contribution in [0.2, 0.25) is 0 Å². The summed E-state index contributed by atoms with van der Waals surface area (Å²) in [5, 5.41) is 2.97. The van der Waals surface area contributed by atoms with Gasteiger partial charge in [0.1, 0.15) is 0 Å². The van der Waals surface area contributed by atoms with Gasteiger partial charge in [0.15, 0.2) is 0 Å². The molecule has 1 heterocycles. The molecule has 0 saturated carbocycles. The Bertz CT molecular complexity index is 1040. The molecule has 1 aliphatic rings.